The van der Waals surface area contributed by atoms with Crippen molar-refractivity contribution in [2.45, 2.75) is 47.5 Å². The first-order valence-corrected chi connectivity index (χ1v) is 8.85. The summed E-state index contributed by atoms with van der Waals surface area (Å²) in [6.07, 6.45) is 11.3. The molecule has 0 bridgehead atoms. The molecule has 3 rings (SSSR count). The highest BCUT2D eigenvalue weighted by atomic mass is 15.3. The lowest BCUT2D eigenvalue weighted by atomic mass is 9.68. The molecule has 1 aromatic heterocycles. The molecular formula is C22H28N2. The van der Waals surface area contributed by atoms with E-state index in [4.69, 9.17) is 0 Å². The van der Waals surface area contributed by atoms with E-state index in [9.17, 15) is 0 Å². The Morgan fingerprint density at radius 1 is 1.12 bits per heavy atom. The van der Waals surface area contributed by atoms with Crippen molar-refractivity contribution in [1.29, 1.82) is 0 Å². The van der Waals surface area contributed by atoms with Gasteiger partial charge in [0.15, 0.2) is 0 Å². The third-order valence-corrected chi connectivity index (χ3v) is 5.45. The van der Waals surface area contributed by atoms with Gasteiger partial charge in [0.1, 0.15) is 0 Å². The molecule has 0 radical (unpaired) electrons. The lowest BCUT2D eigenvalue weighted by Crippen LogP contribution is -2.26. The summed E-state index contributed by atoms with van der Waals surface area (Å²) >= 11 is 0. The molecule has 1 aromatic carbocycles. The summed E-state index contributed by atoms with van der Waals surface area (Å²) in [5, 5.41) is 4.53. The first-order chi connectivity index (χ1) is 11.4. The highest BCUT2D eigenvalue weighted by Gasteiger charge is 2.30. The summed E-state index contributed by atoms with van der Waals surface area (Å²) in [6, 6.07) is 8.59. The maximum absolute atomic E-state index is 4.53. The van der Waals surface area contributed by atoms with Crippen LogP contribution in [0, 0.1) is 25.2 Å². The smallest absolute Gasteiger partial charge is 0.0665 e. The lowest BCUT2D eigenvalue weighted by Gasteiger charge is -2.36. The monoisotopic (exact) mass is 320 g/mol. The van der Waals surface area contributed by atoms with Crippen LogP contribution in [-0.4, -0.2) is 9.78 Å². The van der Waals surface area contributed by atoms with Gasteiger partial charge in [0.2, 0.25) is 0 Å². The van der Waals surface area contributed by atoms with Gasteiger partial charge in [0, 0.05) is 5.92 Å². The summed E-state index contributed by atoms with van der Waals surface area (Å²) in [5.74, 6) is 0.495. The minimum absolute atomic E-state index is 0.320. The lowest BCUT2D eigenvalue weighted by molar-refractivity contribution is 0.256. The average Bonchev–Trinajstić information content (AvgIpc) is 2.97. The second-order valence-electron chi connectivity index (χ2n) is 7.75. The molecule has 2 heteroatoms. The predicted molar refractivity (Wildman–Crippen MR) is 102 cm³/mol. The molecule has 1 atom stereocenters. The summed E-state index contributed by atoms with van der Waals surface area (Å²) in [6.45, 7) is 11.3. The normalized spacial score (nSPS) is 20.4. The molecule has 0 saturated heterocycles. The zero-order valence-corrected chi connectivity index (χ0v) is 15.5. The Labute approximate surface area is 145 Å². The highest BCUT2D eigenvalue weighted by Crippen LogP contribution is 2.41. The molecule has 126 valence electrons. The van der Waals surface area contributed by atoms with Crippen molar-refractivity contribution in [2.24, 2.45) is 11.3 Å². The molecule has 0 fully saturated rings. The van der Waals surface area contributed by atoms with Gasteiger partial charge < -0.3 is 0 Å². The number of allylic oxidation sites excluding steroid dienone is 3. The Morgan fingerprint density at radius 3 is 2.62 bits per heavy atom. The molecule has 1 heterocycles. The summed E-state index contributed by atoms with van der Waals surface area (Å²) in [7, 11) is 0. The molecular weight excluding hydrogens is 292 g/mol. The summed E-state index contributed by atoms with van der Waals surface area (Å²) in [4.78, 5) is 0. The molecule has 24 heavy (non-hydrogen) atoms. The van der Waals surface area contributed by atoms with E-state index in [1.165, 1.54) is 29.5 Å². The minimum Gasteiger partial charge on any atom is -0.234 e. The predicted octanol–water partition coefficient (Wildman–Crippen LogP) is 5.88. The van der Waals surface area contributed by atoms with Crippen LogP contribution >= 0.6 is 0 Å². The average molecular weight is 320 g/mol. The van der Waals surface area contributed by atoms with Gasteiger partial charge in [-0.05, 0) is 74.4 Å². The van der Waals surface area contributed by atoms with Crippen LogP contribution in [0.4, 0.5) is 0 Å². The Hall–Kier alpha value is -2.09. The maximum Gasteiger partial charge on any atom is 0.0665 e. The van der Waals surface area contributed by atoms with Gasteiger partial charge in [-0.2, -0.15) is 5.10 Å². The largest absolute Gasteiger partial charge is 0.234 e. The maximum atomic E-state index is 4.53. The van der Waals surface area contributed by atoms with Crippen molar-refractivity contribution >= 4 is 6.08 Å². The van der Waals surface area contributed by atoms with E-state index >= 15 is 0 Å². The number of rotatable bonds is 3. The van der Waals surface area contributed by atoms with E-state index in [2.05, 4.69) is 82.2 Å². The molecule has 0 N–H and O–H groups in total. The molecule has 2 nitrogen and oxygen atoms in total. The van der Waals surface area contributed by atoms with Crippen LogP contribution in [0.5, 0.6) is 0 Å². The van der Waals surface area contributed by atoms with Gasteiger partial charge in [-0.25, -0.2) is 4.68 Å². The van der Waals surface area contributed by atoms with Crippen LogP contribution in [0.3, 0.4) is 0 Å². The van der Waals surface area contributed by atoms with Gasteiger partial charge in [0.05, 0.1) is 17.6 Å². The Balaban J connectivity index is 1.92. The Bertz CT molecular complexity index is 790. The standard InChI is InChI=1S/C22H28N2/c1-16-8-9-20(15-18(16)3)24-19(12-14-23-24)10-11-21-17(2)7-6-13-22(21,4)5/h7-12,14-15,21H,6,13H2,1-5H3/b11-10+. The third kappa shape index (κ3) is 3.24. The van der Waals surface area contributed by atoms with Crippen LogP contribution in [-0.2, 0) is 0 Å². The Kier molecular flexibility index (Phi) is 4.49. The number of aromatic nitrogens is 2. The molecule has 1 aliphatic carbocycles. The zero-order chi connectivity index (χ0) is 17.3. The van der Waals surface area contributed by atoms with E-state index in [1.807, 2.05) is 10.9 Å². The first-order valence-electron chi connectivity index (χ1n) is 8.85. The zero-order valence-electron chi connectivity index (χ0n) is 15.5. The van der Waals surface area contributed by atoms with E-state index in [0.29, 0.717) is 11.3 Å². The first kappa shape index (κ1) is 16.8. The van der Waals surface area contributed by atoms with Crippen molar-refractivity contribution in [3.63, 3.8) is 0 Å². The minimum atomic E-state index is 0.320. The van der Waals surface area contributed by atoms with E-state index in [0.717, 1.165) is 11.4 Å². The van der Waals surface area contributed by atoms with Crippen molar-refractivity contribution in [1.82, 2.24) is 9.78 Å². The fraction of sp³-hybridized carbons (Fsp3) is 0.409. The fourth-order valence-electron chi connectivity index (χ4n) is 3.69. The van der Waals surface area contributed by atoms with Crippen LogP contribution in [0.25, 0.3) is 11.8 Å². The van der Waals surface area contributed by atoms with Crippen LogP contribution in [0.15, 0.2) is 48.2 Å². The van der Waals surface area contributed by atoms with Gasteiger partial charge in [-0.1, -0.05) is 37.6 Å². The molecule has 0 saturated carbocycles. The second-order valence-corrected chi connectivity index (χ2v) is 7.75. The van der Waals surface area contributed by atoms with Crippen LogP contribution in [0.2, 0.25) is 0 Å². The van der Waals surface area contributed by atoms with E-state index < -0.39 is 0 Å². The summed E-state index contributed by atoms with van der Waals surface area (Å²) in [5.41, 5.74) is 6.67. The third-order valence-electron chi connectivity index (χ3n) is 5.45. The molecule has 1 aliphatic rings. The second kappa shape index (κ2) is 6.43. The topological polar surface area (TPSA) is 17.8 Å². The number of aryl methyl sites for hydroxylation is 2. The van der Waals surface area contributed by atoms with Crippen molar-refractivity contribution in [2.75, 3.05) is 0 Å². The summed E-state index contributed by atoms with van der Waals surface area (Å²) < 4.78 is 2.03. The van der Waals surface area contributed by atoms with Gasteiger partial charge in [-0.3, -0.25) is 0 Å². The van der Waals surface area contributed by atoms with Crippen LogP contribution in [0.1, 0.15) is 50.4 Å². The highest BCUT2D eigenvalue weighted by molar-refractivity contribution is 5.51. The quantitative estimate of drug-likeness (QED) is 0.645. The van der Waals surface area contributed by atoms with Gasteiger partial charge in [0.25, 0.3) is 0 Å². The van der Waals surface area contributed by atoms with Crippen molar-refractivity contribution < 1.29 is 0 Å². The number of benzene rings is 1. The van der Waals surface area contributed by atoms with Gasteiger partial charge in [-0.15, -0.1) is 0 Å². The number of nitrogens with zero attached hydrogens (tertiary/aromatic N) is 2. The fourth-order valence-corrected chi connectivity index (χ4v) is 3.69. The van der Waals surface area contributed by atoms with E-state index in [-0.39, 0.29) is 0 Å². The van der Waals surface area contributed by atoms with Gasteiger partial charge >= 0.3 is 0 Å². The number of hydrogen-bond acceptors (Lipinski definition) is 1. The molecule has 0 spiro atoms. The van der Waals surface area contributed by atoms with E-state index in [1.54, 1.807) is 0 Å². The van der Waals surface area contributed by atoms with Crippen molar-refractivity contribution in [3.05, 3.63) is 65.0 Å². The van der Waals surface area contributed by atoms with Crippen LogP contribution < -0.4 is 0 Å². The number of hydrogen-bond donors (Lipinski definition) is 0. The molecule has 0 aliphatic heterocycles. The Morgan fingerprint density at radius 2 is 1.92 bits per heavy atom. The molecule has 0 amide bonds. The SMILES string of the molecule is CC1=CCCC(C)(C)C1/C=C/c1ccnn1-c1ccc(C)c(C)c1. The van der Waals surface area contributed by atoms with Crippen molar-refractivity contribution in [3.8, 4) is 5.69 Å². The molecule has 1 unspecified atom stereocenters. The molecule has 2 aromatic rings.